The molecule has 3 N–H and O–H groups in total. The van der Waals surface area contributed by atoms with Crippen LogP contribution in [0.25, 0.3) is 0 Å². The number of carbonyl (C=O) groups is 4. The van der Waals surface area contributed by atoms with Crippen molar-refractivity contribution in [2.45, 2.75) is 369 Å². The summed E-state index contributed by atoms with van der Waals surface area (Å²) in [5, 5.41) is 10.6. The van der Waals surface area contributed by atoms with E-state index in [0.717, 1.165) is 108 Å². The van der Waals surface area contributed by atoms with E-state index in [4.69, 9.17) is 37.0 Å². The third-order valence-corrected chi connectivity index (χ3v) is 18.6. The fraction of sp³-hybridized carbons (Fsp3) is 0.944. The molecular weight excluding hydrogens is 1190 g/mol. The lowest BCUT2D eigenvalue weighted by Crippen LogP contribution is -2.30. The van der Waals surface area contributed by atoms with Crippen molar-refractivity contribution in [1.29, 1.82) is 0 Å². The zero-order chi connectivity index (χ0) is 66.8. The molecule has 0 fully saturated rings. The molecule has 534 valence electrons. The average Bonchev–Trinajstić information content (AvgIpc) is 3.70. The first-order valence-corrected chi connectivity index (χ1v) is 39.7. The number of hydrogen-bond donors (Lipinski definition) is 3. The van der Waals surface area contributed by atoms with Gasteiger partial charge in [-0.25, -0.2) is 9.13 Å². The number of rotatable bonds is 68. The topological polar surface area (TPSA) is 237 Å². The van der Waals surface area contributed by atoms with Crippen LogP contribution in [0.2, 0.25) is 0 Å². The lowest BCUT2D eigenvalue weighted by molar-refractivity contribution is -0.161. The predicted molar refractivity (Wildman–Crippen MR) is 363 cm³/mol. The second-order valence-electron chi connectivity index (χ2n) is 27.3. The van der Waals surface area contributed by atoms with Crippen molar-refractivity contribution in [3.8, 4) is 0 Å². The predicted octanol–water partition coefficient (Wildman–Crippen LogP) is 20.1. The van der Waals surface area contributed by atoms with Gasteiger partial charge in [-0.1, -0.05) is 299 Å². The zero-order valence-corrected chi connectivity index (χ0v) is 60.6. The monoisotopic (exact) mass is 1320 g/mol. The Morgan fingerprint density at radius 2 is 0.533 bits per heavy atom. The van der Waals surface area contributed by atoms with Crippen molar-refractivity contribution in [2.75, 3.05) is 39.6 Å². The molecule has 0 heterocycles. The number of esters is 4. The minimum atomic E-state index is -4.95. The summed E-state index contributed by atoms with van der Waals surface area (Å²) < 4.78 is 68.2. The van der Waals surface area contributed by atoms with E-state index < -0.39 is 97.5 Å². The number of phosphoric ester groups is 2. The van der Waals surface area contributed by atoms with Gasteiger partial charge < -0.3 is 33.8 Å². The Morgan fingerprint density at radius 3 is 0.789 bits per heavy atom. The Bertz CT molecular complexity index is 1780. The van der Waals surface area contributed by atoms with E-state index in [1.807, 2.05) is 0 Å². The normalized spacial score (nSPS) is 14.6. The van der Waals surface area contributed by atoms with Crippen molar-refractivity contribution in [3.63, 3.8) is 0 Å². The van der Waals surface area contributed by atoms with Crippen molar-refractivity contribution in [1.82, 2.24) is 0 Å². The highest BCUT2D eigenvalue weighted by Crippen LogP contribution is 2.45. The maximum atomic E-state index is 13.0. The Morgan fingerprint density at radius 1 is 0.311 bits per heavy atom. The highest BCUT2D eigenvalue weighted by Gasteiger charge is 2.30. The number of ether oxygens (including phenoxy) is 4. The summed E-state index contributed by atoms with van der Waals surface area (Å²) in [6.07, 6.45) is 43.4. The first kappa shape index (κ1) is 88.1. The standard InChI is InChI=1S/C71H138O17P2/c1-9-64(8)50-42-34-29-30-38-46-54-71(76)88-67(58-82-69(74)52-44-36-27-21-20-24-32-40-48-62(4)5)60-86-90(79,80)84-56-65(72)55-83-89(77,78)85-59-66(87-70(75)53-45-37-28-22-25-33-41-49-63(6)7)57-81-68(73)51-43-35-26-19-17-15-13-11-10-12-14-16-18-23-31-39-47-61(2)3/h61-67,72H,9-60H2,1-8H3,(H,77,78)(H,79,80)/t64?,65?,66-,67-/m1/s1. The summed E-state index contributed by atoms with van der Waals surface area (Å²) >= 11 is 0. The van der Waals surface area contributed by atoms with Gasteiger partial charge in [0.05, 0.1) is 26.4 Å². The van der Waals surface area contributed by atoms with E-state index in [1.54, 1.807) is 0 Å². The van der Waals surface area contributed by atoms with Crippen LogP contribution in [-0.4, -0.2) is 96.7 Å². The van der Waals surface area contributed by atoms with Gasteiger partial charge in [0.15, 0.2) is 12.2 Å². The van der Waals surface area contributed by atoms with Crippen molar-refractivity contribution >= 4 is 39.5 Å². The Kier molecular flexibility index (Phi) is 59.4. The summed E-state index contributed by atoms with van der Waals surface area (Å²) in [5.74, 6) is 0.821. The molecule has 0 saturated heterocycles. The molecule has 90 heavy (non-hydrogen) atoms. The molecule has 0 amide bonds. The van der Waals surface area contributed by atoms with Crippen LogP contribution in [0, 0.1) is 23.7 Å². The number of unbranched alkanes of at least 4 members (excludes halogenated alkanes) is 33. The maximum absolute atomic E-state index is 13.0. The molecule has 19 heteroatoms. The molecule has 0 saturated carbocycles. The van der Waals surface area contributed by atoms with E-state index in [9.17, 15) is 43.2 Å². The molecule has 0 aliphatic rings. The number of aliphatic hydroxyl groups excluding tert-OH is 1. The van der Waals surface area contributed by atoms with Crippen molar-refractivity contribution in [3.05, 3.63) is 0 Å². The van der Waals surface area contributed by atoms with Crippen LogP contribution in [0.4, 0.5) is 0 Å². The molecule has 0 aliphatic heterocycles. The number of aliphatic hydroxyl groups is 1. The zero-order valence-electron chi connectivity index (χ0n) is 58.8. The van der Waals surface area contributed by atoms with Gasteiger partial charge in [-0.3, -0.25) is 37.3 Å². The second kappa shape index (κ2) is 60.7. The molecule has 0 aromatic carbocycles. The quantitative estimate of drug-likeness (QED) is 0.0222. The van der Waals surface area contributed by atoms with Crippen LogP contribution >= 0.6 is 15.6 Å². The van der Waals surface area contributed by atoms with Crippen molar-refractivity contribution in [2.24, 2.45) is 23.7 Å². The molecule has 0 bridgehead atoms. The fourth-order valence-electron chi connectivity index (χ4n) is 10.6. The van der Waals surface area contributed by atoms with Crippen LogP contribution < -0.4 is 0 Å². The van der Waals surface area contributed by atoms with E-state index in [2.05, 4.69) is 55.4 Å². The van der Waals surface area contributed by atoms with E-state index in [0.29, 0.717) is 31.6 Å². The van der Waals surface area contributed by atoms with Gasteiger partial charge in [0, 0.05) is 25.7 Å². The maximum Gasteiger partial charge on any atom is 0.472 e. The molecule has 0 aromatic heterocycles. The molecule has 4 unspecified atom stereocenters. The minimum Gasteiger partial charge on any atom is -0.462 e. The molecule has 6 atom stereocenters. The molecule has 0 rings (SSSR count). The first-order chi connectivity index (χ1) is 43.1. The Labute approximate surface area is 549 Å². The third kappa shape index (κ3) is 63.5. The van der Waals surface area contributed by atoms with Gasteiger partial charge >= 0.3 is 39.5 Å². The van der Waals surface area contributed by atoms with Gasteiger partial charge in [0.2, 0.25) is 0 Å². The highest BCUT2D eigenvalue weighted by molar-refractivity contribution is 7.47. The van der Waals surface area contributed by atoms with Crippen molar-refractivity contribution < 1.29 is 80.2 Å². The smallest absolute Gasteiger partial charge is 0.462 e. The van der Waals surface area contributed by atoms with Crippen LogP contribution in [0.1, 0.15) is 351 Å². The van der Waals surface area contributed by atoms with Crippen LogP contribution in [0.5, 0.6) is 0 Å². The lowest BCUT2D eigenvalue weighted by atomic mass is 10.00. The van der Waals surface area contributed by atoms with Crippen LogP contribution in [0.15, 0.2) is 0 Å². The first-order valence-electron chi connectivity index (χ1n) is 36.7. The third-order valence-electron chi connectivity index (χ3n) is 16.7. The Hall–Kier alpha value is -1.94. The fourth-order valence-corrected chi connectivity index (χ4v) is 12.2. The second-order valence-corrected chi connectivity index (χ2v) is 30.2. The van der Waals surface area contributed by atoms with Gasteiger partial charge in [0.25, 0.3) is 0 Å². The molecule has 17 nitrogen and oxygen atoms in total. The van der Waals surface area contributed by atoms with Gasteiger partial charge in [-0.2, -0.15) is 0 Å². The summed E-state index contributed by atoms with van der Waals surface area (Å²) in [6, 6.07) is 0. The molecule has 0 radical (unpaired) electrons. The SMILES string of the molecule is CCC(C)CCCCCCCCC(=O)O[C@H](COC(=O)CCCCCCCCCCC(C)C)COP(=O)(O)OCC(O)COP(=O)(O)OC[C@@H](COC(=O)CCCCCCCCCCCCCCCCCCC(C)C)OC(=O)CCCCCCCCCC(C)C. The average molecular weight is 1330 g/mol. The lowest BCUT2D eigenvalue weighted by Gasteiger charge is -2.21. The summed E-state index contributed by atoms with van der Waals surface area (Å²) in [7, 11) is -9.90. The Balaban J connectivity index is 5.17. The molecule has 0 aromatic rings. The van der Waals surface area contributed by atoms with Gasteiger partial charge in [-0.05, 0) is 49.4 Å². The van der Waals surface area contributed by atoms with E-state index >= 15 is 0 Å². The van der Waals surface area contributed by atoms with Gasteiger partial charge in [-0.15, -0.1) is 0 Å². The molecule has 0 aliphatic carbocycles. The summed E-state index contributed by atoms with van der Waals surface area (Å²) in [5.41, 5.74) is 0. The van der Waals surface area contributed by atoms with E-state index in [1.165, 1.54) is 154 Å². The highest BCUT2D eigenvalue weighted by atomic mass is 31.2. The van der Waals surface area contributed by atoms with Crippen LogP contribution in [-0.2, 0) is 65.4 Å². The minimum absolute atomic E-state index is 0.102. The summed E-state index contributed by atoms with van der Waals surface area (Å²) in [4.78, 5) is 72.5. The largest absolute Gasteiger partial charge is 0.472 e. The molecular formula is C71H138O17P2. The van der Waals surface area contributed by atoms with E-state index in [-0.39, 0.29) is 25.7 Å². The number of carbonyl (C=O) groups excluding carboxylic acids is 4. The van der Waals surface area contributed by atoms with Crippen LogP contribution in [0.3, 0.4) is 0 Å². The summed E-state index contributed by atoms with van der Waals surface area (Å²) in [6.45, 7) is 14.0. The number of hydrogen-bond acceptors (Lipinski definition) is 15. The van der Waals surface area contributed by atoms with Gasteiger partial charge in [0.1, 0.15) is 19.3 Å². The number of phosphoric acid groups is 2. The molecule has 0 spiro atoms.